The quantitative estimate of drug-likeness (QED) is 0.839. The van der Waals surface area contributed by atoms with Gasteiger partial charge in [0.2, 0.25) is 0 Å². The molecule has 0 atom stereocenters. The van der Waals surface area contributed by atoms with Gasteiger partial charge in [-0.05, 0) is 54.8 Å². The predicted molar refractivity (Wildman–Crippen MR) is 83.0 cm³/mol. The first-order valence-electron chi connectivity index (χ1n) is 6.51. The molecule has 0 spiro atoms. The van der Waals surface area contributed by atoms with E-state index in [4.69, 9.17) is 26.3 Å². The molecule has 0 N–H and O–H groups in total. The van der Waals surface area contributed by atoms with Crippen molar-refractivity contribution in [1.82, 2.24) is 0 Å². The number of hydrogen-bond acceptors (Lipinski definition) is 3. The molecule has 4 heteroatoms. The Bertz CT molecular complexity index is 681. The molecule has 0 aromatic heterocycles. The van der Waals surface area contributed by atoms with E-state index in [1.807, 2.05) is 32.0 Å². The lowest BCUT2D eigenvalue weighted by molar-refractivity contribution is 0.305. The Balaban J connectivity index is 2.15. The van der Waals surface area contributed by atoms with Crippen LogP contribution in [0.1, 0.15) is 22.3 Å². The fourth-order valence-corrected chi connectivity index (χ4v) is 2.20. The Labute approximate surface area is 129 Å². The van der Waals surface area contributed by atoms with Crippen LogP contribution in [0, 0.1) is 25.2 Å². The number of hydrogen-bond donors (Lipinski definition) is 0. The highest BCUT2D eigenvalue weighted by atomic mass is 35.5. The fourth-order valence-electron chi connectivity index (χ4n) is 2.09. The number of ether oxygens (including phenoxy) is 2. The Kier molecular flexibility index (Phi) is 4.72. The van der Waals surface area contributed by atoms with Gasteiger partial charge in [0.25, 0.3) is 0 Å². The van der Waals surface area contributed by atoms with Crippen molar-refractivity contribution >= 4 is 11.6 Å². The Morgan fingerprint density at radius 2 is 1.81 bits per heavy atom. The van der Waals surface area contributed by atoms with Crippen LogP contribution in [-0.2, 0) is 6.61 Å². The van der Waals surface area contributed by atoms with Crippen LogP contribution < -0.4 is 9.47 Å². The number of methoxy groups -OCH3 is 1. The van der Waals surface area contributed by atoms with E-state index in [-0.39, 0.29) is 0 Å². The van der Waals surface area contributed by atoms with E-state index in [1.165, 1.54) is 0 Å². The lowest BCUT2D eigenvalue weighted by Crippen LogP contribution is -1.98. The molecule has 21 heavy (non-hydrogen) atoms. The van der Waals surface area contributed by atoms with Gasteiger partial charge in [0, 0.05) is 5.02 Å². The smallest absolute Gasteiger partial charge is 0.136 e. The van der Waals surface area contributed by atoms with Crippen molar-refractivity contribution in [2.24, 2.45) is 0 Å². The minimum Gasteiger partial charge on any atom is -0.495 e. The largest absolute Gasteiger partial charge is 0.495 e. The van der Waals surface area contributed by atoms with Crippen molar-refractivity contribution in [3.05, 3.63) is 57.6 Å². The molecule has 2 aromatic rings. The zero-order valence-corrected chi connectivity index (χ0v) is 13.0. The van der Waals surface area contributed by atoms with Crippen molar-refractivity contribution in [3.8, 4) is 17.6 Å². The van der Waals surface area contributed by atoms with Gasteiger partial charge in [0.05, 0.1) is 12.7 Å². The third-order valence-electron chi connectivity index (χ3n) is 3.20. The summed E-state index contributed by atoms with van der Waals surface area (Å²) in [5.74, 6) is 1.34. The van der Waals surface area contributed by atoms with Crippen LogP contribution in [-0.4, -0.2) is 7.11 Å². The monoisotopic (exact) mass is 301 g/mol. The maximum absolute atomic E-state index is 9.08. The average Bonchev–Trinajstić information content (AvgIpc) is 2.50. The first-order valence-corrected chi connectivity index (χ1v) is 6.89. The van der Waals surface area contributed by atoms with Gasteiger partial charge in [-0.25, -0.2) is 0 Å². The van der Waals surface area contributed by atoms with E-state index >= 15 is 0 Å². The van der Waals surface area contributed by atoms with Crippen molar-refractivity contribution in [3.63, 3.8) is 0 Å². The Morgan fingerprint density at radius 3 is 2.38 bits per heavy atom. The van der Waals surface area contributed by atoms with Crippen LogP contribution >= 0.6 is 11.6 Å². The van der Waals surface area contributed by atoms with Gasteiger partial charge in [-0.3, -0.25) is 0 Å². The summed E-state index contributed by atoms with van der Waals surface area (Å²) in [6, 6.07) is 11.4. The second kappa shape index (κ2) is 6.51. The molecule has 0 heterocycles. The molecule has 0 radical (unpaired) electrons. The summed E-state index contributed by atoms with van der Waals surface area (Å²) in [6.07, 6.45) is 0. The molecule has 0 saturated carbocycles. The molecule has 0 aliphatic rings. The number of aryl methyl sites for hydroxylation is 2. The van der Waals surface area contributed by atoms with E-state index < -0.39 is 0 Å². The molecule has 0 bridgehead atoms. The number of nitrogens with zero attached hydrogens (tertiary/aromatic N) is 1. The maximum Gasteiger partial charge on any atom is 0.136 e. The van der Waals surface area contributed by atoms with Crippen LogP contribution in [0.4, 0.5) is 0 Å². The third-order valence-corrected chi connectivity index (χ3v) is 3.80. The highest BCUT2D eigenvalue weighted by Gasteiger charge is 2.06. The first-order chi connectivity index (χ1) is 10.0. The summed E-state index contributed by atoms with van der Waals surface area (Å²) < 4.78 is 10.9. The van der Waals surface area contributed by atoms with Crippen LogP contribution in [0.3, 0.4) is 0 Å². The predicted octanol–water partition coefficient (Wildman–Crippen LogP) is 4.42. The summed E-state index contributed by atoms with van der Waals surface area (Å²) in [7, 11) is 1.55. The molecule has 3 nitrogen and oxygen atoms in total. The summed E-state index contributed by atoms with van der Waals surface area (Å²) in [4.78, 5) is 0. The van der Waals surface area contributed by atoms with Gasteiger partial charge < -0.3 is 9.47 Å². The maximum atomic E-state index is 9.08. The van der Waals surface area contributed by atoms with Gasteiger partial charge in [0.15, 0.2) is 0 Å². The SMILES string of the molecule is COc1ccc(COc2cc(C)c(Cl)c(C)c2)cc1C#N. The number of halogens is 1. The molecule has 0 amide bonds. The van der Waals surface area contributed by atoms with Gasteiger partial charge in [0.1, 0.15) is 24.2 Å². The van der Waals surface area contributed by atoms with Crippen molar-refractivity contribution in [1.29, 1.82) is 5.26 Å². The van der Waals surface area contributed by atoms with E-state index in [9.17, 15) is 0 Å². The van der Waals surface area contributed by atoms with E-state index in [0.717, 1.165) is 27.5 Å². The minimum absolute atomic E-state index is 0.388. The zero-order valence-electron chi connectivity index (χ0n) is 12.2. The summed E-state index contributed by atoms with van der Waals surface area (Å²) in [6.45, 7) is 4.28. The van der Waals surface area contributed by atoms with Gasteiger partial charge in [-0.1, -0.05) is 17.7 Å². The third kappa shape index (κ3) is 3.48. The molecule has 0 aliphatic heterocycles. The molecule has 0 unspecified atom stereocenters. The van der Waals surface area contributed by atoms with E-state index in [2.05, 4.69) is 6.07 Å². The number of rotatable bonds is 4. The lowest BCUT2D eigenvalue weighted by atomic mass is 10.1. The first kappa shape index (κ1) is 15.2. The molecule has 108 valence electrons. The Hall–Kier alpha value is -2.18. The Morgan fingerprint density at radius 1 is 1.14 bits per heavy atom. The summed E-state index contributed by atoms with van der Waals surface area (Å²) in [5, 5.41) is 9.84. The van der Waals surface area contributed by atoms with Crippen molar-refractivity contribution in [2.45, 2.75) is 20.5 Å². The lowest BCUT2D eigenvalue weighted by Gasteiger charge is -2.11. The highest BCUT2D eigenvalue weighted by molar-refractivity contribution is 6.32. The topological polar surface area (TPSA) is 42.2 Å². The minimum atomic E-state index is 0.388. The summed E-state index contributed by atoms with van der Waals surface area (Å²) >= 11 is 6.13. The molecule has 2 aromatic carbocycles. The van der Waals surface area contributed by atoms with Crippen LogP contribution in [0.25, 0.3) is 0 Å². The normalized spacial score (nSPS) is 10.0. The van der Waals surface area contributed by atoms with Crippen LogP contribution in [0.5, 0.6) is 11.5 Å². The van der Waals surface area contributed by atoms with E-state index in [1.54, 1.807) is 19.2 Å². The van der Waals surface area contributed by atoms with Crippen molar-refractivity contribution < 1.29 is 9.47 Å². The highest BCUT2D eigenvalue weighted by Crippen LogP contribution is 2.27. The fraction of sp³-hybridized carbons (Fsp3) is 0.235. The second-order valence-corrected chi connectivity index (χ2v) is 5.18. The van der Waals surface area contributed by atoms with Crippen molar-refractivity contribution in [2.75, 3.05) is 7.11 Å². The number of benzene rings is 2. The second-order valence-electron chi connectivity index (χ2n) is 4.81. The molecule has 0 saturated heterocycles. The standard InChI is InChI=1S/C17H16ClNO2/c1-11-6-15(7-12(2)17(11)18)21-10-13-4-5-16(20-3)14(8-13)9-19/h4-8H,10H2,1-3H3. The molecule has 0 fully saturated rings. The van der Waals surface area contributed by atoms with E-state index in [0.29, 0.717) is 17.9 Å². The zero-order chi connectivity index (χ0) is 15.4. The average molecular weight is 302 g/mol. The van der Waals surface area contributed by atoms with Crippen LogP contribution in [0.2, 0.25) is 5.02 Å². The van der Waals surface area contributed by atoms with Gasteiger partial charge in [-0.15, -0.1) is 0 Å². The molecule has 2 rings (SSSR count). The van der Waals surface area contributed by atoms with Crippen LogP contribution in [0.15, 0.2) is 30.3 Å². The molecule has 0 aliphatic carbocycles. The van der Waals surface area contributed by atoms with Gasteiger partial charge in [-0.2, -0.15) is 5.26 Å². The number of nitriles is 1. The summed E-state index contributed by atoms with van der Waals surface area (Å²) in [5.41, 5.74) is 3.39. The van der Waals surface area contributed by atoms with Gasteiger partial charge >= 0.3 is 0 Å². The molecular formula is C17H16ClNO2. The molecular weight excluding hydrogens is 286 g/mol.